The topological polar surface area (TPSA) is 36.7 Å². The summed E-state index contributed by atoms with van der Waals surface area (Å²) in [6, 6.07) is 11.5. The molecule has 0 radical (unpaired) electrons. The van der Waals surface area contributed by atoms with Gasteiger partial charge in [-0.25, -0.2) is 4.39 Å². The van der Waals surface area contributed by atoms with Crippen LogP contribution in [-0.4, -0.2) is 4.98 Å². The highest BCUT2D eigenvalue weighted by Gasteiger charge is 2.06. The Morgan fingerprint density at radius 1 is 1.20 bits per heavy atom. The molecule has 0 N–H and O–H groups in total. The highest BCUT2D eigenvalue weighted by Crippen LogP contribution is 2.21. The number of aromatic nitrogens is 1. The Balaban J connectivity index is 2.60. The van der Waals surface area contributed by atoms with Crippen molar-refractivity contribution >= 4 is 0 Å². The number of benzene rings is 1. The summed E-state index contributed by atoms with van der Waals surface area (Å²) in [4.78, 5) is 4.11. The molecule has 0 saturated heterocycles. The fourth-order valence-electron chi connectivity index (χ4n) is 1.35. The molecule has 0 unspecified atom stereocenters. The van der Waals surface area contributed by atoms with E-state index in [-0.39, 0.29) is 0 Å². The molecule has 1 aromatic heterocycles. The first-order valence-electron chi connectivity index (χ1n) is 4.42. The predicted octanol–water partition coefficient (Wildman–Crippen LogP) is 2.76. The minimum Gasteiger partial charge on any atom is -0.256 e. The number of halogens is 1. The molecule has 0 fully saturated rings. The summed E-state index contributed by atoms with van der Waals surface area (Å²) in [6.45, 7) is 0. The van der Waals surface area contributed by atoms with Gasteiger partial charge in [0.05, 0.1) is 17.3 Å². The molecule has 2 aromatic rings. The Morgan fingerprint density at radius 2 is 2.07 bits per heavy atom. The number of hydrogen-bond donors (Lipinski definition) is 0. The zero-order chi connectivity index (χ0) is 10.7. The summed E-state index contributed by atoms with van der Waals surface area (Å²) in [5.41, 5.74) is 1.63. The average Bonchev–Trinajstić information content (AvgIpc) is 2.30. The lowest BCUT2D eigenvalue weighted by Crippen LogP contribution is -1.88. The molecule has 1 aromatic carbocycles. The standard InChI is InChI=1S/C12H7FN2/c13-10-4-5-11(9(7-10)8-14)12-3-1-2-6-15-12/h1-7H. The molecular formula is C12H7FN2. The third kappa shape index (κ3) is 1.84. The van der Waals surface area contributed by atoms with Crippen LogP contribution in [0.2, 0.25) is 0 Å². The highest BCUT2D eigenvalue weighted by atomic mass is 19.1. The minimum absolute atomic E-state index is 0.300. The zero-order valence-electron chi connectivity index (χ0n) is 7.81. The van der Waals surface area contributed by atoms with E-state index in [1.165, 1.54) is 12.1 Å². The van der Waals surface area contributed by atoms with Gasteiger partial charge in [-0.15, -0.1) is 0 Å². The Hall–Kier alpha value is -2.21. The molecule has 0 aliphatic carbocycles. The lowest BCUT2D eigenvalue weighted by molar-refractivity contribution is 0.627. The van der Waals surface area contributed by atoms with Crippen LogP contribution in [0.15, 0.2) is 42.6 Å². The third-order valence-electron chi connectivity index (χ3n) is 2.04. The molecule has 0 bridgehead atoms. The fourth-order valence-corrected chi connectivity index (χ4v) is 1.35. The zero-order valence-corrected chi connectivity index (χ0v) is 7.81. The van der Waals surface area contributed by atoms with Crippen LogP contribution in [0.25, 0.3) is 11.3 Å². The first kappa shape index (κ1) is 9.35. The van der Waals surface area contributed by atoms with Crippen molar-refractivity contribution in [3.63, 3.8) is 0 Å². The smallest absolute Gasteiger partial charge is 0.124 e. The van der Waals surface area contributed by atoms with Gasteiger partial charge in [0.15, 0.2) is 0 Å². The molecule has 2 nitrogen and oxygen atoms in total. The summed E-state index contributed by atoms with van der Waals surface area (Å²) in [6.07, 6.45) is 1.64. The van der Waals surface area contributed by atoms with Crippen LogP contribution in [0.5, 0.6) is 0 Å². The maximum atomic E-state index is 12.9. The van der Waals surface area contributed by atoms with E-state index in [0.29, 0.717) is 16.8 Å². The van der Waals surface area contributed by atoms with Gasteiger partial charge in [0.2, 0.25) is 0 Å². The summed E-state index contributed by atoms with van der Waals surface area (Å²) in [5.74, 6) is -0.411. The lowest BCUT2D eigenvalue weighted by Gasteiger charge is -2.02. The molecule has 0 aliphatic heterocycles. The van der Waals surface area contributed by atoms with E-state index < -0.39 is 5.82 Å². The van der Waals surface area contributed by atoms with E-state index in [4.69, 9.17) is 5.26 Å². The molecule has 0 aliphatic rings. The average molecular weight is 198 g/mol. The van der Waals surface area contributed by atoms with Gasteiger partial charge >= 0.3 is 0 Å². The van der Waals surface area contributed by atoms with E-state index >= 15 is 0 Å². The van der Waals surface area contributed by atoms with Crippen molar-refractivity contribution in [1.82, 2.24) is 4.98 Å². The van der Waals surface area contributed by atoms with Crippen molar-refractivity contribution in [3.8, 4) is 17.3 Å². The van der Waals surface area contributed by atoms with E-state index in [1.807, 2.05) is 12.1 Å². The van der Waals surface area contributed by atoms with Gasteiger partial charge in [0.1, 0.15) is 5.82 Å². The van der Waals surface area contributed by atoms with Crippen LogP contribution < -0.4 is 0 Å². The second kappa shape index (κ2) is 3.89. The SMILES string of the molecule is N#Cc1cc(F)ccc1-c1ccccn1. The quantitative estimate of drug-likeness (QED) is 0.706. The number of rotatable bonds is 1. The molecule has 1 heterocycles. The Morgan fingerprint density at radius 3 is 2.73 bits per heavy atom. The number of nitriles is 1. The molecule has 0 amide bonds. The van der Waals surface area contributed by atoms with Gasteiger partial charge in [-0.1, -0.05) is 6.07 Å². The monoisotopic (exact) mass is 198 g/mol. The highest BCUT2D eigenvalue weighted by molar-refractivity contribution is 5.66. The van der Waals surface area contributed by atoms with Gasteiger partial charge in [-0.2, -0.15) is 5.26 Å². The van der Waals surface area contributed by atoms with E-state index in [2.05, 4.69) is 4.98 Å². The van der Waals surface area contributed by atoms with Gasteiger partial charge in [-0.3, -0.25) is 4.98 Å². The van der Waals surface area contributed by atoms with Gasteiger partial charge in [0, 0.05) is 11.8 Å². The molecule has 0 saturated carbocycles. The van der Waals surface area contributed by atoms with Gasteiger partial charge in [-0.05, 0) is 30.3 Å². The lowest BCUT2D eigenvalue weighted by atomic mass is 10.0. The minimum atomic E-state index is -0.411. The molecule has 2 rings (SSSR count). The first-order chi connectivity index (χ1) is 7.31. The predicted molar refractivity (Wildman–Crippen MR) is 54.3 cm³/mol. The maximum Gasteiger partial charge on any atom is 0.124 e. The Bertz CT molecular complexity index is 515. The summed E-state index contributed by atoms with van der Waals surface area (Å²) >= 11 is 0. The van der Waals surface area contributed by atoms with E-state index in [1.54, 1.807) is 24.4 Å². The van der Waals surface area contributed by atoms with Crippen LogP contribution in [0, 0.1) is 17.1 Å². The van der Waals surface area contributed by atoms with Crippen molar-refractivity contribution in [2.75, 3.05) is 0 Å². The molecule has 0 atom stereocenters. The van der Waals surface area contributed by atoms with Gasteiger partial charge < -0.3 is 0 Å². The van der Waals surface area contributed by atoms with Crippen LogP contribution in [0.1, 0.15) is 5.56 Å². The van der Waals surface area contributed by atoms with Crippen molar-refractivity contribution in [2.24, 2.45) is 0 Å². The third-order valence-corrected chi connectivity index (χ3v) is 2.04. The maximum absolute atomic E-state index is 12.9. The Kier molecular flexibility index (Phi) is 2.42. The summed E-state index contributed by atoms with van der Waals surface area (Å²) in [7, 11) is 0. The number of pyridine rings is 1. The van der Waals surface area contributed by atoms with Crippen LogP contribution in [0.3, 0.4) is 0 Å². The Labute approximate surface area is 86.6 Å². The second-order valence-electron chi connectivity index (χ2n) is 3.02. The van der Waals surface area contributed by atoms with E-state index in [0.717, 1.165) is 0 Å². The van der Waals surface area contributed by atoms with Crippen molar-refractivity contribution in [1.29, 1.82) is 5.26 Å². The van der Waals surface area contributed by atoms with Crippen LogP contribution in [-0.2, 0) is 0 Å². The molecule has 0 spiro atoms. The van der Waals surface area contributed by atoms with Crippen LogP contribution in [0.4, 0.5) is 4.39 Å². The molecule has 72 valence electrons. The molecular weight excluding hydrogens is 191 g/mol. The van der Waals surface area contributed by atoms with E-state index in [9.17, 15) is 4.39 Å². The number of hydrogen-bond acceptors (Lipinski definition) is 2. The fraction of sp³-hybridized carbons (Fsp3) is 0. The van der Waals surface area contributed by atoms with Crippen LogP contribution >= 0.6 is 0 Å². The normalized spacial score (nSPS) is 9.60. The van der Waals surface area contributed by atoms with Crippen molar-refractivity contribution < 1.29 is 4.39 Å². The number of nitrogens with zero attached hydrogens (tertiary/aromatic N) is 2. The summed E-state index contributed by atoms with van der Waals surface area (Å²) in [5, 5.41) is 8.86. The molecule has 3 heteroatoms. The largest absolute Gasteiger partial charge is 0.256 e. The van der Waals surface area contributed by atoms with Crippen molar-refractivity contribution in [2.45, 2.75) is 0 Å². The second-order valence-corrected chi connectivity index (χ2v) is 3.02. The summed E-state index contributed by atoms with van der Waals surface area (Å²) < 4.78 is 12.9. The van der Waals surface area contributed by atoms with Gasteiger partial charge in [0.25, 0.3) is 0 Å². The van der Waals surface area contributed by atoms with Crippen molar-refractivity contribution in [3.05, 3.63) is 54.0 Å². The first-order valence-corrected chi connectivity index (χ1v) is 4.42. The molecule has 15 heavy (non-hydrogen) atoms.